The molecule has 5 nitrogen and oxygen atoms in total. The van der Waals surface area contributed by atoms with Crippen molar-refractivity contribution >= 4 is 27.7 Å². The highest BCUT2D eigenvalue weighted by Gasteiger charge is 2.25. The number of nitrogens with zero attached hydrogens (tertiary/aromatic N) is 2. The number of carbonyl (C=O) groups is 2. The van der Waals surface area contributed by atoms with E-state index in [1.54, 1.807) is 0 Å². The highest BCUT2D eigenvalue weighted by Crippen LogP contribution is 2.19. The molecule has 0 unspecified atom stereocenters. The van der Waals surface area contributed by atoms with Gasteiger partial charge in [-0.3, -0.25) is 9.59 Å². The number of amides is 2. The summed E-state index contributed by atoms with van der Waals surface area (Å²) in [6.07, 6.45) is 4.59. The van der Waals surface area contributed by atoms with Crippen LogP contribution in [0.4, 0.5) is 0 Å². The molecule has 1 fully saturated rings. The molecule has 1 aliphatic heterocycles. The molecule has 0 radical (unpaired) electrons. The predicted molar refractivity (Wildman–Crippen MR) is 85.2 cm³/mol. The van der Waals surface area contributed by atoms with Crippen LogP contribution in [0, 0.1) is 0 Å². The largest absolute Gasteiger partial charge is 0.353 e. The van der Waals surface area contributed by atoms with Crippen LogP contribution in [0.15, 0.2) is 16.7 Å². The van der Waals surface area contributed by atoms with Gasteiger partial charge in [-0.05, 0) is 41.3 Å². The van der Waals surface area contributed by atoms with E-state index in [-0.39, 0.29) is 17.9 Å². The van der Waals surface area contributed by atoms with Crippen molar-refractivity contribution in [3.05, 3.63) is 22.4 Å². The van der Waals surface area contributed by atoms with Crippen LogP contribution in [0.2, 0.25) is 0 Å². The molecule has 2 heterocycles. The Morgan fingerprint density at radius 2 is 2.05 bits per heavy atom. The van der Waals surface area contributed by atoms with Crippen molar-refractivity contribution in [2.45, 2.75) is 45.7 Å². The molecule has 0 saturated carbocycles. The lowest BCUT2D eigenvalue weighted by Crippen LogP contribution is -2.46. The normalized spacial score (nSPS) is 16.0. The molecule has 0 aliphatic carbocycles. The Bertz CT molecular complexity index is 519. The molecule has 0 bridgehead atoms. The summed E-state index contributed by atoms with van der Waals surface area (Å²) in [6.45, 7) is 5.86. The first kappa shape index (κ1) is 16.1. The molecular formula is C15H22BrN3O2. The molecule has 2 amide bonds. The Labute approximate surface area is 133 Å². The van der Waals surface area contributed by atoms with Gasteiger partial charge in [0.2, 0.25) is 5.91 Å². The summed E-state index contributed by atoms with van der Waals surface area (Å²) in [5, 5.41) is 2.93. The number of likely N-dealkylation sites (tertiary alicyclic amines) is 1. The summed E-state index contributed by atoms with van der Waals surface area (Å²) in [6, 6.07) is 2.08. The van der Waals surface area contributed by atoms with Crippen LogP contribution in [0.3, 0.4) is 0 Å². The molecule has 116 valence electrons. The smallest absolute Gasteiger partial charge is 0.270 e. The summed E-state index contributed by atoms with van der Waals surface area (Å²) in [7, 11) is 0. The zero-order chi connectivity index (χ0) is 15.4. The minimum Gasteiger partial charge on any atom is -0.353 e. The first-order valence-electron chi connectivity index (χ1n) is 7.43. The third kappa shape index (κ3) is 4.09. The zero-order valence-corrected chi connectivity index (χ0v) is 14.1. The van der Waals surface area contributed by atoms with Gasteiger partial charge in [0.1, 0.15) is 5.69 Å². The van der Waals surface area contributed by atoms with Crippen molar-refractivity contribution < 1.29 is 9.59 Å². The van der Waals surface area contributed by atoms with Gasteiger partial charge in [0.05, 0.1) is 0 Å². The van der Waals surface area contributed by atoms with E-state index in [4.69, 9.17) is 0 Å². The Morgan fingerprint density at radius 1 is 1.38 bits per heavy atom. The van der Waals surface area contributed by atoms with Gasteiger partial charge in [0, 0.05) is 43.3 Å². The van der Waals surface area contributed by atoms with Crippen LogP contribution in [0.1, 0.15) is 43.6 Å². The fourth-order valence-electron chi connectivity index (χ4n) is 2.76. The third-order valence-electron chi connectivity index (χ3n) is 3.74. The molecular weight excluding hydrogens is 334 g/mol. The molecule has 0 spiro atoms. The first-order chi connectivity index (χ1) is 10.0. The minimum absolute atomic E-state index is 0.000490. The van der Waals surface area contributed by atoms with E-state index >= 15 is 0 Å². The van der Waals surface area contributed by atoms with E-state index in [0.29, 0.717) is 13.1 Å². The molecule has 1 aliphatic rings. The van der Waals surface area contributed by atoms with Crippen LogP contribution in [-0.4, -0.2) is 40.4 Å². The third-order valence-corrected chi connectivity index (χ3v) is 4.17. The predicted octanol–water partition coefficient (Wildman–Crippen LogP) is 2.40. The van der Waals surface area contributed by atoms with Crippen molar-refractivity contribution in [3.63, 3.8) is 0 Å². The molecule has 1 saturated heterocycles. The Morgan fingerprint density at radius 3 is 2.62 bits per heavy atom. The lowest BCUT2D eigenvalue weighted by atomic mass is 10.0. The quantitative estimate of drug-likeness (QED) is 0.901. The Hall–Kier alpha value is -1.30. The second kappa shape index (κ2) is 7.11. The number of hydrogen-bond acceptors (Lipinski definition) is 2. The maximum atomic E-state index is 12.6. The van der Waals surface area contributed by atoms with Crippen LogP contribution >= 0.6 is 15.9 Å². The highest BCUT2D eigenvalue weighted by atomic mass is 79.9. The lowest BCUT2D eigenvalue weighted by molar-refractivity contribution is -0.119. The number of halogens is 1. The van der Waals surface area contributed by atoms with E-state index in [9.17, 15) is 9.59 Å². The number of aromatic nitrogens is 1. The number of rotatable bonds is 4. The molecule has 0 aromatic carbocycles. The highest BCUT2D eigenvalue weighted by molar-refractivity contribution is 9.10. The molecule has 2 rings (SSSR count). The molecule has 21 heavy (non-hydrogen) atoms. The van der Waals surface area contributed by atoms with E-state index in [1.165, 1.54) is 6.92 Å². The number of carbonyl (C=O) groups excluding carboxylic acids is 2. The Kier molecular flexibility index (Phi) is 5.45. The van der Waals surface area contributed by atoms with Crippen LogP contribution in [-0.2, 0) is 11.3 Å². The second-order valence-electron chi connectivity index (χ2n) is 5.50. The Balaban J connectivity index is 2.00. The SMILES string of the molecule is CCCn1cc(Br)cc1C(=O)N1CCC(NC(C)=O)CC1. The maximum Gasteiger partial charge on any atom is 0.270 e. The summed E-state index contributed by atoms with van der Waals surface area (Å²) in [4.78, 5) is 25.6. The van der Waals surface area contributed by atoms with Gasteiger partial charge >= 0.3 is 0 Å². The van der Waals surface area contributed by atoms with Crippen LogP contribution < -0.4 is 5.32 Å². The zero-order valence-electron chi connectivity index (χ0n) is 12.6. The molecule has 0 atom stereocenters. The van der Waals surface area contributed by atoms with Crippen molar-refractivity contribution in [1.29, 1.82) is 0 Å². The number of nitrogens with one attached hydrogen (secondary N) is 1. The summed E-state index contributed by atoms with van der Waals surface area (Å²) in [5.74, 6) is 0.0796. The fourth-order valence-corrected chi connectivity index (χ4v) is 3.22. The van der Waals surface area contributed by atoms with Crippen LogP contribution in [0.5, 0.6) is 0 Å². The van der Waals surface area contributed by atoms with Crippen LogP contribution in [0.25, 0.3) is 0 Å². The van der Waals surface area contributed by atoms with Gasteiger partial charge in [-0.2, -0.15) is 0 Å². The van der Waals surface area contributed by atoms with Gasteiger partial charge in [-0.15, -0.1) is 0 Å². The average molecular weight is 356 g/mol. The average Bonchev–Trinajstić information content (AvgIpc) is 2.79. The first-order valence-corrected chi connectivity index (χ1v) is 8.22. The molecule has 6 heteroatoms. The van der Waals surface area contributed by atoms with Gasteiger partial charge in [0.15, 0.2) is 0 Å². The summed E-state index contributed by atoms with van der Waals surface area (Å²) in [5.41, 5.74) is 0.738. The minimum atomic E-state index is 0.000490. The van der Waals surface area contributed by atoms with Crippen molar-refractivity contribution in [2.24, 2.45) is 0 Å². The number of hydrogen-bond donors (Lipinski definition) is 1. The van der Waals surface area contributed by atoms with Gasteiger partial charge < -0.3 is 14.8 Å². The summed E-state index contributed by atoms with van der Waals surface area (Å²) < 4.78 is 2.94. The van der Waals surface area contributed by atoms with E-state index in [0.717, 1.165) is 36.0 Å². The standard InChI is InChI=1S/C15H22BrN3O2/c1-3-6-19-10-12(16)9-14(19)15(21)18-7-4-13(5-8-18)17-11(2)20/h9-10,13H,3-8H2,1-2H3,(H,17,20). The maximum absolute atomic E-state index is 12.6. The molecule has 1 aromatic heterocycles. The topological polar surface area (TPSA) is 54.3 Å². The van der Waals surface area contributed by atoms with Gasteiger partial charge in [-0.1, -0.05) is 6.92 Å². The fraction of sp³-hybridized carbons (Fsp3) is 0.600. The van der Waals surface area contributed by atoms with E-state index < -0.39 is 0 Å². The van der Waals surface area contributed by atoms with Crippen molar-refractivity contribution in [1.82, 2.24) is 14.8 Å². The monoisotopic (exact) mass is 355 g/mol. The second-order valence-corrected chi connectivity index (χ2v) is 6.42. The number of piperidine rings is 1. The van der Waals surface area contributed by atoms with E-state index in [1.807, 2.05) is 21.7 Å². The summed E-state index contributed by atoms with van der Waals surface area (Å²) >= 11 is 3.44. The van der Waals surface area contributed by atoms with E-state index in [2.05, 4.69) is 28.2 Å². The lowest BCUT2D eigenvalue weighted by Gasteiger charge is -2.32. The van der Waals surface area contributed by atoms with Gasteiger partial charge in [-0.25, -0.2) is 0 Å². The van der Waals surface area contributed by atoms with Gasteiger partial charge in [0.25, 0.3) is 5.91 Å². The van der Waals surface area contributed by atoms with Crippen molar-refractivity contribution in [2.75, 3.05) is 13.1 Å². The van der Waals surface area contributed by atoms with Crippen molar-refractivity contribution in [3.8, 4) is 0 Å². The molecule has 1 aromatic rings. The number of aryl methyl sites for hydroxylation is 1. The molecule has 1 N–H and O–H groups in total.